The largest absolute Gasteiger partial charge is 0.507 e. The van der Waals surface area contributed by atoms with Crippen LogP contribution in [0.5, 0.6) is 23.0 Å². The predicted molar refractivity (Wildman–Crippen MR) is 440 cm³/mol. The van der Waals surface area contributed by atoms with Crippen molar-refractivity contribution in [3.8, 4) is 91.3 Å². The molecule has 0 fully saturated rings. The van der Waals surface area contributed by atoms with Gasteiger partial charge in [0, 0.05) is 53.6 Å². The predicted octanol–water partition coefficient (Wildman–Crippen LogP) is 25.9. The van der Waals surface area contributed by atoms with Crippen LogP contribution < -0.4 is 9.47 Å². The molecule has 578 valence electrons. The molecule has 0 bridgehead atoms. The Morgan fingerprint density at radius 2 is 0.602 bits per heavy atom. The lowest BCUT2D eigenvalue weighted by Crippen LogP contribution is -2.41. The molecule has 2 heterocycles. The average Bonchev–Trinajstić information content (AvgIpc) is 0.798. The van der Waals surface area contributed by atoms with Crippen LogP contribution in [-0.4, -0.2) is 71.1 Å². The summed E-state index contributed by atoms with van der Waals surface area (Å²) in [6.07, 6.45) is 51.9. The van der Waals surface area contributed by atoms with E-state index in [4.69, 9.17) is 48.9 Å². The van der Waals surface area contributed by atoms with E-state index in [1.54, 1.807) is 24.3 Å². The first-order chi connectivity index (χ1) is 53.2. The summed E-state index contributed by atoms with van der Waals surface area (Å²) in [4.78, 5) is 57.1. The highest BCUT2D eigenvalue weighted by molar-refractivity contribution is 5.73. The maximum atomic E-state index is 14.2. The van der Waals surface area contributed by atoms with Crippen LogP contribution in [-0.2, 0) is 19.1 Å². The fourth-order valence-electron chi connectivity index (χ4n) is 13.6. The molecule has 2 N–H and O–H groups in total. The number of unbranched alkanes of at least 4 members (excludes halogenated alkanes) is 32. The maximum Gasteiger partial charge on any atom is 0.309 e. The Morgan fingerprint density at radius 3 is 0.935 bits per heavy atom. The van der Waals surface area contributed by atoms with Crippen molar-refractivity contribution in [3.05, 3.63) is 182 Å². The molecule has 14 heteroatoms. The Labute approximate surface area is 646 Å². The van der Waals surface area contributed by atoms with Crippen LogP contribution >= 0.6 is 0 Å². The normalized spacial score (nSPS) is 11.6. The van der Waals surface area contributed by atoms with Gasteiger partial charge in [0.25, 0.3) is 5.79 Å². The minimum atomic E-state index is -1.53. The molecule has 0 saturated heterocycles. The van der Waals surface area contributed by atoms with Crippen molar-refractivity contribution in [1.82, 2.24) is 29.9 Å². The maximum absolute atomic E-state index is 14.2. The monoisotopic (exact) mass is 1460 g/mol. The topological polar surface area (TPSA) is 189 Å². The van der Waals surface area contributed by atoms with Crippen LogP contribution in [0.2, 0.25) is 0 Å². The highest BCUT2D eigenvalue weighted by Crippen LogP contribution is 2.37. The van der Waals surface area contributed by atoms with Crippen LogP contribution in [0.15, 0.2) is 182 Å². The second-order valence-electron chi connectivity index (χ2n) is 29.0. The first-order valence-corrected chi connectivity index (χ1v) is 41.6. The Balaban J connectivity index is 0.834. The van der Waals surface area contributed by atoms with Gasteiger partial charge in [-0.2, -0.15) is 0 Å². The van der Waals surface area contributed by atoms with Crippen LogP contribution in [0.25, 0.3) is 68.3 Å². The van der Waals surface area contributed by atoms with Crippen molar-refractivity contribution in [2.45, 2.75) is 283 Å². The highest BCUT2D eigenvalue weighted by atomic mass is 16.7. The zero-order valence-corrected chi connectivity index (χ0v) is 65.3. The number of rotatable bonds is 57. The molecular weight excluding hydrogens is 1340 g/mol. The molecular formula is C94H124N6O8. The Kier molecular flexibility index (Phi) is 40.2. The van der Waals surface area contributed by atoms with Gasteiger partial charge in [0.2, 0.25) is 0 Å². The number of hydrogen-bond acceptors (Lipinski definition) is 14. The van der Waals surface area contributed by atoms with Crippen LogP contribution in [0, 0.1) is 0 Å². The van der Waals surface area contributed by atoms with Crippen molar-refractivity contribution in [1.29, 1.82) is 0 Å². The smallest absolute Gasteiger partial charge is 0.309 e. The minimum Gasteiger partial charge on any atom is -0.507 e. The molecule has 0 saturated carbocycles. The molecule has 0 aliphatic heterocycles. The molecule has 2 aromatic heterocycles. The molecule has 0 aliphatic rings. The lowest BCUT2D eigenvalue weighted by Gasteiger charge is -2.33. The second kappa shape index (κ2) is 51.3. The van der Waals surface area contributed by atoms with Crippen molar-refractivity contribution >= 4 is 11.9 Å². The number of phenols is 2. The second-order valence-corrected chi connectivity index (χ2v) is 29.0. The quantitative estimate of drug-likeness (QED) is 0.0158. The third kappa shape index (κ3) is 32.4. The van der Waals surface area contributed by atoms with Gasteiger partial charge in [0.1, 0.15) is 23.0 Å². The third-order valence-electron chi connectivity index (χ3n) is 19.9. The van der Waals surface area contributed by atoms with Crippen LogP contribution in [0.1, 0.15) is 277 Å². The van der Waals surface area contributed by atoms with Gasteiger partial charge in [-0.3, -0.25) is 9.59 Å². The van der Waals surface area contributed by atoms with E-state index in [1.165, 1.54) is 77.0 Å². The molecule has 0 amide bonds. The summed E-state index contributed by atoms with van der Waals surface area (Å²) in [7, 11) is 0. The van der Waals surface area contributed by atoms with Gasteiger partial charge >= 0.3 is 11.9 Å². The van der Waals surface area contributed by atoms with Gasteiger partial charge in [-0.05, 0) is 101 Å². The highest BCUT2D eigenvalue weighted by Gasteiger charge is 2.38. The summed E-state index contributed by atoms with van der Waals surface area (Å²) in [5.74, 6) is 1.45. The number of benzene rings is 6. The van der Waals surface area contributed by atoms with Gasteiger partial charge < -0.3 is 29.2 Å². The average molecular weight is 1470 g/mol. The number of carbonyl (C=O) groups is 2. The van der Waals surface area contributed by atoms with Crippen molar-refractivity contribution in [2.24, 2.45) is 0 Å². The van der Waals surface area contributed by atoms with Gasteiger partial charge in [0.15, 0.2) is 34.9 Å². The molecule has 0 spiro atoms. The number of esters is 2. The molecule has 8 aromatic rings. The fraction of sp³-hybridized carbons (Fsp3) is 0.489. The fourth-order valence-corrected chi connectivity index (χ4v) is 13.6. The summed E-state index contributed by atoms with van der Waals surface area (Å²) in [6.45, 7) is 5.14. The number of hydrogen-bond donors (Lipinski definition) is 2. The lowest BCUT2D eigenvalue weighted by atomic mass is 10.0. The number of nitrogens with zero attached hydrogens (tertiary/aromatic N) is 6. The Hall–Kier alpha value is -9.04. The molecule has 0 radical (unpaired) electrons. The van der Waals surface area contributed by atoms with Gasteiger partial charge in [-0.15, -0.1) is 0 Å². The van der Waals surface area contributed by atoms with E-state index in [0.717, 1.165) is 164 Å². The summed E-state index contributed by atoms with van der Waals surface area (Å²) in [5.41, 5.74) is 4.28. The number of phenolic OH excluding ortho intramolecular Hbond substituents is 2. The van der Waals surface area contributed by atoms with Gasteiger partial charge in [-0.25, -0.2) is 29.9 Å². The zero-order valence-electron chi connectivity index (χ0n) is 65.3. The molecule has 6 aromatic carbocycles. The van der Waals surface area contributed by atoms with Crippen LogP contribution in [0.3, 0.4) is 0 Å². The number of allylic oxidation sites excluding steroid dienone is 4. The summed E-state index contributed by atoms with van der Waals surface area (Å²) < 4.78 is 25.5. The molecule has 0 aliphatic carbocycles. The number of ether oxygens (including phenoxy) is 4. The molecule has 0 unspecified atom stereocenters. The molecule has 8 rings (SSSR count). The number of carbonyl (C=O) groups excluding carboxylic acids is 2. The van der Waals surface area contributed by atoms with Gasteiger partial charge in [0.05, 0.1) is 30.8 Å². The molecule has 0 atom stereocenters. The lowest BCUT2D eigenvalue weighted by molar-refractivity contribution is -0.236. The Morgan fingerprint density at radius 1 is 0.315 bits per heavy atom. The SMILES string of the molecule is CCCCCCCC/C=C\CCCCCCCC(=O)OC(CCCCCCCCCCCCCOc1ccc(-c2nc(-c3ccccc3)nc(-c3ccccc3)n2)c(O)c1)(CCOc1ccc(-c2nc(-c3ccccc3)nc(-c3ccccc3)n2)c(O)c1)OC(=O)CCCCCCC/C=C\CCCCCCCC. The minimum absolute atomic E-state index is 0.0452. The first-order valence-electron chi connectivity index (χ1n) is 41.6. The standard InChI is InChI=1S/C94H124N6O8/c1-3-5-7-9-11-13-15-17-19-21-24-28-32-36-52-64-86(103)107-94(108-87(104)65-53-37-33-29-25-22-20-18-16-14-12-10-8-6-4-2,71-73-106-81-67-69-83(85(102)75-81)93-99-90(78-60-48-42-49-61-78)96-91(100-93)79-62-50-43-51-63-79)70-54-38-34-30-26-23-27-31-35-39-55-72-105-80-66-68-82(84(101)74-80)92-97-88(76-56-44-40-45-57-76)95-89(98-92)77-58-46-41-47-59-77/h17-20,40-51,56-63,66-69,74-75,101-102H,3-16,21-39,52-55,64-65,70-73H2,1-2H3/b19-17-,20-18-. The number of aromatic hydroxyl groups is 2. The summed E-state index contributed by atoms with van der Waals surface area (Å²) in [6, 6.07) is 49.4. The van der Waals surface area contributed by atoms with E-state index in [2.05, 4.69) is 38.2 Å². The van der Waals surface area contributed by atoms with E-state index < -0.39 is 5.79 Å². The van der Waals surface area contributed by atoms with E-state index in [-0.39, 0.29) is 49.3 Å². The van der Waals surface area contributed by atoms with Crippen molar-refractivity contribution < 1.29 is 38.7 Å². The van der Waals surface area contributed by atoms with E-state index >= 15 is 0 Å². The third-order valence-corrected chi connectivity index (χ3v) is 19.9. The van der Waals surface area contributed by atoms with Gasteiger partial charge in [-0.1, -0.05) is 320 Å². The Bertz CT molecular complexity index is 3660. The van der Waals surface area contributed by atoms with Crippen LogP contribution in [0.4, 0.5) is 0 Å². The van der Waals surface area contributed by atoms with Crippen molar-refractivity contribution in [2.75, 3.05) is 13.2 Å². The summed E-state index contributed by atoms with van der Waals surface area (Å²) >= 11 is 0. The molecule has 108 heavy (non-hydrogen) atoms. The first kappa shape index (κ1) is 84.6. The van der Waals surface area contributed by atoms with E-state index in [1.807, 2.05) is 133 Å². The molecule has 14 nitrogen and oxygen atoms in total. The van der Waals surface area contributed by atoms with E-state index in [0.29, 0.717) is 89.9 Å². The van der Waals surface area contributed by atoms with Crippen molar-refractivity contribution in [3.63, 3.8) is 0 Å². The zero-order chi connectivity index (χ0) is 75.6. The van der Waals surface area contributed by atoms with E-state index in [9.17, 15) is 19.8 Å². The summed E-state index contributed by atoms with van der Waals surface area (Å²) in [5, 5.41) is 22.9. The number of aromatic nitrogens is 6.